The number of hydrogen-bond donors (Lipinski definition) is 0. The topological polar surface area (TPSA) is 45.2 Å². The lowest BCUT2D eigenvalue weighted by Gasteiger charge is -2.36. The van der Waals surface area contributed by atoms with Gasteiger partial charge < -0.3 is 4.90 Å². The normalized spacial score (nSPS) is 15.8. The Labute approximate surface area is 172 Å². The van der Waals surface area contributed by atoms with Crippen molar-refractivity contribution >= 4 is 33.2 Å². The first kappa shape index (κ1) is 18.5. The number of anilines is 1. The second-order valence-corrected chi connectivity index (χ2v) is 8.60. The second-order valence-electron chi connectivity index (χ2n) is 6.83. The molecule has 0 amide bonds. The summed E-state index contributed by atoms with van der Waals surface area (Å²) in [5.41, 5.74) is 2.37. The van der Waals surface area contributed by atoms with Crippen LogP contribution in [0.2, 0.25) is 0 Å². The highest BCUT2D eigenvalue weighted by Gasteiger charge is 2.24. The quantitative estimate of drug-likeness (QED) is 0.582. The molecule has 1 fully saturated rings. The Bertz CT molecular complexity index is 860. The lowest BCUT2D eigenvalue weighted by molar-refractivity contribution is 0.201. The van der Waals surface area contributed by atoms with Gasteiger partial charge in [-0.15, -0.1) is 11.3 Å². The summed E-state index contributed by atoms with van der Waals surface area (Å²) in [6.07, 6.45) is 5.85. The highest BCUT2D eigenvalue weighted by Crippen LogP contribution is 2.25. The number of rotatable bonds is 5. The molecule has 0 aliphatic carbocycles. The van der Waals surface area contributed by atoms with Crippen molar-refractivity contribution in [1.82, 2.24) is 19.9 Å². The molecule has 0 atom stereocenters. The summed E-state index contributed by atoms with van der Waals surface area (Å²) < 4.78 is 0.910. The van der Waals surface area contributed by atoms with Gasteiger partial charge in [-0.05, 0) is 28.8 Å². The molecule has 27 heavy (non-hydrogen) atoms. The first-order chi connectivity index (χ1) is 13.2. The Morgan fingerprint density at radius 2 is 1.85 bits per heavy atom. The van der Waals surface area contributed by atoms with Gasteiger partial charge >= 0.3 is 0 Å². The van der Waals surface area contributed by atoms with Gasteiger partial charge in [0.25, 0.3) is 0 Å². The molecule has 1 aromatic carbocycles. The van der Waals surface area contributed by atoms with Crippen LogP contribution in [0.3, 0.4) is 0 Å². The van der Waals surface area contributed by atoms with Crippen LogP contribution in [-0.2, 0) is 6.54 Å². The molecule has 0 unspecified atom stereocenters. The van der Waals surface area contributed by atoms with Crippen molar-refractivity contribution in [2.45, 2.75) is 25.4 Å². The van der Waals surface area contributed by atoms with Crippen LogP contribution in [0.15, 0.2) is 52.6 Å². The maximum Gasteiger partial charge on any atom is 0.225 e. The molecule has 1 aliphatic rings. The summed E-state index contributed by atoms with van der Waals surface area (Å²) in [7, 11) is 2.09. The second kappa shape index (κ2) is 8.46. The van der Waals surface area contributed by atoms with Crippen molar-refractivity contribution in [2.75, 3.05) is 25.0 Å². The molecule has 0 radical (unpaired) electrons. The van der Waals surface area contributed by atoms with Gasteiger partial charge in [0.1, 0.15) is 5.01 Å². The van der Waals surface area contributed by atoms with Gasteiger partial charge in [0.15, 0.2) is 0 Å². The van der Waals surface area contributed by atoms with Gasteiger partial charge in [-0.2, -0.15) is 0 Å². The van der Waals surface area contributed by atoms with Crippen LogP contribution in [0.4, 0.5) is 5.95 Å². The fourth-order valence-corrected chi connectivity index (χ4v) is 4.46. The molecule has 0 saturated carbocycles. The summed E-state index contributed by atoms with van der Waals surface area (Å²) in [5, 5.41) is 3.29. The van der Waals surface area contributed by atoms with Crippen LogP contribution in [-0.4, -0.2) is 46.0 Å². The average Bonchev–Trinajstić information content (AvgIpc) is 3.18. The Kier molecular flexibility index (Phi) is 5.80. The van der Waals surface area contributed by atoms with E-state index in [2.05, 4.69) is 72.4 Å². The lowest BCUT2D eigenvalue weighted by atomic mass is 10.0. The number of nitrogens with zero attached hydrogens (tertiary/aromatic N) is 5. The van der Waals surface area contributed by atoms with Gasteiger partial charge in [0.05, 0.1) is 10.2 Å². The molecule has 7 heteroatoms. The van der Waals surface area contributed by atoms with Crippen LogP contribution in [0, 0.1) is 0 Å². The lowest BCUT2D eigenvalue weighted by Crippen LogP contribution is -2.43. The van der Waals surface area contributed by atoms with Crippen molar-refractivity contribution in [2.24, 2.45) is 0 Å². The van der Waals surface area contributed by atoms with Crippen molar-refractivity contribution in [1.29, 1.82) is 0 Å². The molecule has 0 spiro atoms. The zero-order valence-electron chi connectivity index (χ0n) is 15.3. The number of hydrogen-bond acceptors (Lipinski definition) is 6. The van der Waals surface area contributed by atoms with Crippen molar-refractivity contribution in [3.05, 3.63) is 58.3 Å². The predicted octanol–water partition coefficient (Wildman–Crippen LogP) is 4.46. The van der Waals surface area contributed by atoms with Crippen molar-refractivity contribution in [3.8, 4) is 10.6 Å². The zero-order valence-corrected chi connectivity index (χ0v) is 17.7. The van der Waals surface area contributed by atoms with Crippen molar-refractivity contribution < 1.29 is 0 Å². The van der Waals surface area contributed by atoms with Gasteiger partial charge in [-0.3, -0.25) is 4.90 Å². The number of piperidine rings is 1. The number of thiazole rings is 1. The summed E-state index contributed by atoms with van der Waals surface area (Å²) >= 11 is 5.12. The van der Waals surface area contributed by atoms with Crippen LogP contribution >= 0.6 is 27.3 Å². The molecule has 1 saturated heterocycles. The van der Waals surface area contributed by atoms with E-state index in [-0.39, 0.29) is 0 Å². The summed E-state index contributed by atoms with van der Waals surface area (Å²) in [5.74, 6) is 0.795. The van der Waals surface area contributed by atoms with E-state index < -0.39 is 0 Å². The fourth-order valence-electron chi connectivity index (χ4n) is 3.44. The first-order valence-electron chi connectivity index (χ1n) is 9.11. The molecule has 5 nitrogen and oxygen atoms in total. The molecule has 140 valence electrons. The molecule has 1 aliphatic heterocycles. The molecule has 2 aromatic heterocycles. The predicted molar refractivity (Wildman–Crippen MR) is 114 cm³/mol. The van der Waals surface area contributed by atoms with E-state index in [9.17, 15) is 0 Å². The van der Waals surface area contributed by atoms with Crippen LogP contribution in [0.25, 0.3) is 10.6 Å². The molecule has 4 rings (SSSR count). The smallest absolute Gasteiger partial charge is 0.225 e. The summed E-state index contributed by atoms with van der Waals surface area (Å²) in [4.78, 5) is 18.4. The third-order valence-electron chi connectivity index (χ3n) is 4.99. The summed E-state index contributed by atoms with van der Waals surface area (Å²) in [6.45, 7) is 3.07. The molecule has 0 N–H and O–H groups in total. The SMILES string of the molecule is CN(c1ncc(Br)cn1)C1CCN(Cc2csc(-c3ccccc3)n2)CC1. The third-order valence-corrected chi connectivity index (χ3v) is 6.33. The van der Waals surface area contributed by atoms with E-state index >= 15 is 0 Å². The van der Waals surface area contributed by atoms with E-state index in [1.807, 2.05) is 6.07 Å². The maximum atomic E-state index is 4.83. The van der Waals surface area contributed by atoms with Crippen LogP contribution in [0.1, 0.15) is 18.5 Å². The number of halogens is 1. The highest BCUT2D eigenvalue weighted by molar-refractivity contribution is 9.10. The molecule has 0 bridgehead atoms. The van der Waals surface area contributed by atoms with Gasteiger partial charge in [0.2, 0.25) is 5.95 Å². The molecule has 3 aromatic rings. The Morgan fingerprint density at radius 3 is 2.56 bits per heavy atom. The van der Waals surface area contributed by atoms with Gasteiger partial charge in [-0.25, -0.2) is 15.0 Å². The third kappa shape index (κ3) is 4.54. The molecular weight excluding hydrogens is 422 g/mol. The summed E-state index contributed by atoms with van der Waals surface area (Å²) in [6, 6.07) is 10.9. The number of likely N-dealkylation sites (tertiary alicyclic amines) is 1. The van der Waals surface area contributed by atoms with Gasteiger partial charge in [0, 0.05) is 56.1 Å². The molecular formula is C20H22BrN5S. The van der Waals surface area contributed by atoms with Crippen LogP contribution in [0.5, 0.6) is 0 Å². The monoisotopic (exact) mass is 443 g/mol. The van der Waals surface area contributed by atoms with E-state index in [1.165, 1.54) is 11.3 Å². The minimum atomic E-state index is 0.484. The van der Waals surface area contributed by atoms with E-state index in [4.69, 9.17) is 4.98 Å². The van der Waals surface area contributed by atoms with Crippen molar-refractivity contribution in [3.63, 3.8) is 0 Å². The maximum absolute atomic E-state index is 4.83. The van der Waals surface area contributed by atoms with E-state index in [0.717, 1.165) is 47.9 Å². The minimum absolute atomic E-state index is 0.484. The van der Waals surface area contributed by atoms with E-state index in [0.29, 0.717) is 6.04 Å². The average molecular weight is 444 g/mol. The first-order valence-corrected chi connectivity index (χ1v) is 10.8. The Morgan fingerprint density at radius 1 is 1.15 bits per heavy atom. The standard InChI is InChI=1S/C20H22BrN5S/c1-25(20-22-11-16(21)12-23-20)18-7-9-26(10-8-18)13-17-14-27-19(24-17)15-5-3-2-4-6-15/h2-6,11-12,14,18H,7-10,13H2,1H3. The zero-order chi connectivity index (χ0) is 18.6. The molecule has 3 heterocycles. The largest absolute Gasteiger partial charge is 0.341 e. The fraction of sp³-hybridized carbons (Fsp3) is 0.350. The number of aromatic nitrogens is 3. The Balaban J connectivity index is 1.32. The van der Waals surface area contributed by atoms with Crippen LogP contribution < -0.4 is 4.90 Å². The van der Waals surface area contributed by atoms with E-state index in [1.54, 1.807) is 23.7 Å². The number of benzene rings is 1. The highest BCUT2D eigenvalue weighted by atomic mass is 79.9. The Hall–Kier alpha value is -1.83. The minimum Gasteiger partial charge on any atom is -0.341 e. The van der Waals surface area contributed by atoms with Gasteiger partial charge in [-0.1, -0.05) is 30.3 Å².